The summed E-state index contributed by atoms with van der Waals surface area (Å²) in [6, 6.07) is 1.61. The van der Waals surface area contributed by atoms with Crippen molar-refractivity contribution in [2.24, 2.45) is 0 Å². The molecule has 0 atom stereocenters. The maximum atomic E-state index is 5.69. The second-order valence-corrected chi connectivity index (χ2v) is 2.78. The van der Waals surface area contributed by atoms with Crippen molar-refractivity contribution >= 4 is 17.5 Å². The van der Waals surface area contributed by atoms with Crippen LogP contribution < -0.4 is 5.32 Å². The van der Waals surface area contributed by atoms with Gasteiger partial charge in [0, 0.05) is 11.9 Å². The summed E-state index contributed by atoms with van der Waals surface area (Å²) in [4.78, 5) is 7.94. The fraction of sp³-hybridized carbons (Fsp3) is 0. The monoisotopic (exact) mass is 207 g/mol. The molecule has 1 aromatic heterocycles. The normalized spacial score (nSPS) is 10.8. The van der Waals surface area contributed by atoms with Crippen LogP contribution in [0.2, 0.25) is 5.15 Å². The lowest BCUT2D eigenvalue weighted by atomic mass is 10.4. The van der Waals surface area contributed by atoms with Crippen LogP contribution in [-0.4, -0.2) is 9.97 Å². The van der Waals surface area contributed by atoms with Gasteiger partial charge in [-0.3, -0.25) is 0 Å². The van der Waals surface area contributed by atoms with Crippen molar-refractivity contribution in [3.8, 4) is 0 Å². The van der Waals surface area contributed by atoms with E-state index in [0.717, 1.165) is 5.70 Å². The summed E-state index contributed by atoms with van der Waals surface area (Å²) in [5.74, 6) is 0.436. The van der Waals surface area contributed by atoms with E-state index in [2.05, 4.69) is 28.4 Å². The van der Waals surface area contributed by atoms with Crippen molar-refractivity contribution in [2.75, 3.05) is 5.32 Å². The van der Waals surface area contributed by atoms with E-state index in [4.69, 9.17) is 11.6 Å². The lowest BCUT2D eigenvalue weighted by Gasteiger charge is -2.03. The van der Waals surface area contributed by atoms with Crippen LogP contribution in [0.25, 0.3) is 0 Å². The Hall–Kier alpha value is -1.61. The molecule has 0 bridgehead atoms. The second-order valence-electron chi connectivity index (χ2n) is 2.39. The molecule has 1 heterocycles. The molecule has 14 heavy (non-hydrogen) atoms. The average molecular weight is 208 g/mol. The summed E-state index contributed by atoms with van der Waals surface area (Å²) in [5.41, 5.74) is 0.766. The Labute approximate surface area is 87.8 Å². The number of nitrogens with one attached hydrogen (secondary N) is 1. The number of nitrogens with zero attached hydrogens (tertiary/aromatic N) is 2. The summed E-state index contributed by atoms with van der Waals surface area (Å²) in [6.45, 7) is 7.21. The predicted molar refractivity (Wildman–Crippen MR) is 59.1 cm³/mol. The molecule has 0 amide bonds. The summed E-state index contributed by atoms with van der Waals surface area (Å²) in [5, 5.41) is 3.33. The van der Waals surface area contributed by atoms with Gasteiger partial charge in [-0.15, -0.1) is 0 Å². The number of hydrogen-bond donors (Lipinski definition) is 1. The van der Waals surface area contributed by atoms with Crippen LogP contribution in [0.5, 0.6) is 0 Å². The molecule has 0 saturated carbocycles. The Morgan fingerprint density at radius 2 is 2.29 bits per heavy atom. The minimum atomic E-state index is 0.393. The van der Waals surface area contributed by atoms with Crippen LogP contribution >= 0.6 is 11.6 Å². The quantitative estimate of drug-likeness (QED) is 0.610. The zero-order chi connectivity index (χ0) is 10.4. The highest BCUT2D eigenvalue weighted by Crippen LogP contribution is 2.08. The molecule has 0 fully saturated rings. The predicted octanol–water partition coefficient (Wildman–Crippen LogP) is 2.80. The van der Waals surface area contributed by atoms with E-state index < -0.39 is 0 Å². The number of aromatic nitrogens is 2. The molecule has 0 aliphatic carbocycles. The van der Waals surface area contributed by atoms with Gasteiger partial charge >= 0.3 is 0 Å². The molecular formula is C10H10ClN3. The third kappa shape index (κ3) is 3.03. The van der Waals surface area contributed by atoms with Crippen molar-refractivity contribution in [3.05, 3.63) is 54.5 Å². The summed E-state index contributed by atoms with van der Waals surface area (Å²) in [7, 11) is 0. The molecule has 0 saturated heterocycles. The molecule has 0 radical (unpaired) electrons. The molecule has 72 valence electrons. The van der Waals surface area contributed by atoms with Gasteiger partial charge in [-0.25, -0.2) is 9.97 Å². The molecule has 0 aromatic carbocycles. The van der Waals surface area contributed by atoms with E-state index in [-0.39, 0.29) is 0 Å². The van der Waals surface area contributed by atoms with Gasteiger partial charge in [-0.1, -0.05) is 30.8 Å². The number of halogens is 1. The molecule has 1 rings (SSSR count). The van der Waals surface area contributed by atoms with Crippen molar-refractivity contribution in [3.63, 3.8) is 0 Å². The number of allylic oxidation sites excluding steroid dienone is 3. The molecule has 0 spiro atoms. The molecular weight excluding hydrogens is 198 g/mol. The second kappa shape index (κ2) is 5.19. The zero-order valence-corrected chi connectivity index (χ0v) is 8.33. The number of hydrogen-bond acceptors (Lipinski definition) is 3. The van der Waals surface area contributed by atoms with E-state index in [1.54, 1.807) is 30.5 Å². The molecule has 0 unspecified atom stereocenters. The van der Waals surface area contributed by atoms with Gasteiger partial charge in [0.1, 0.15) is 5.15 Å². The van der Waals surface area contributed by atoms with E-state index in [0.29, 0.717) is 11.1 Å². The van der Waals surface area contributed by atoms with E-state index in [1.165, 1.54) is 0 Å². The van der Waals surface area contributed by atoms with Gasteiger partial charge < -0.3 is 5.32 Å². The van der Waals surface area contributed by atoms with Crippen LogP contribution in [0.15, 0.2) is 49.3 Å². The molecule has 1 aromatic rings. The molecule has 0 aliphatic rings. The van der Waals surface area contributed by atoms with Gasteiger partial charge in [0.25, 0.3) is 0 Å². The third-order valence-electron chi connectivity index (χ3n) is 1.40. The van der Waals surface area contributed by atoms with Crippen LogP contribution in [0.1, 0.15) is 0 Å². The maximum absolute atomic E-state index is 5.69. The summed E-state index contributed by atoms with van der Waals surface area (Å²) >= 11 is 5.69. The van der Waals surface area contributed by atoms with E-state index >= 15 is 0 Å². The summed E-state index contributed by atoms with van der Waals surface area (Å²) < 4.78 is 0. The minimum Gasteiger partial charge on any atom is -0.324 e. The molecule has 3 nitrogen and oxygen atoms in total. The Morgan fingerprint density at radius 3 is 2.86 bits per heavy atom. The standard InChI is InChI=1S/C10H10ClN3/c1-3-5-8(4-2)13-10-12-7-6-9(11)14-10/h3-7H,1-2H2,(H,12,13,14)/b8-5+. The molecule has 1 N–H and O–H groups in total. The Kier molecular flexibility index (Phi) is 3.88. The first kappa shape index (κ1) is 10.5. The fourth-order valence-electron chi connectivity index (χ4n) is 0.814. The highest BCUT2D eigenvalue weighted by molar-refractivity contribution is 6.29. The van der Waals surface area contributed by atoms with Crippen LogP contribution in [0, 0.1) is 0 Å². The zero-order valence-electron chi connectivity index (χ0n) is 7.57. The van der Waals surface area contributed by atoms with Crippen LogP contribution in [0.3, 0.4) is 0 Å². The van der Waals surface area contributed by atoms with Crippen molar-refractivity contribution in [2.45, 2.75) is 0 Å². The van der Waals surface area contributed by atoms with Crippen molar-refractivity contribution < 1.29 is 0 Å². The largest absolute Gasteiger partial charge is 0.324 e. The SMILES string of the molecule is C=C/C=C(\C=C)Nc1nccc(Cl)n1. The summed E-state index contributed by atoms with van der Waals surface area (Å²) in [6.07, 6.45) is 6.63. The van der Waals surface area contributed by atoms with E-state index in [1.807, 2.05) is 0 Å². The highest BCUT2D eigenvalue weighted by Gasteiger charge is 1.96. The van der Waals surface area contributed by atoms with Gasteiger partial charge in [0.05, 0.1) is 0 Å². The topological polar surface area (TPSA) is 37.8 Å². The van der Waals surface area contributed by atoms with Gasteiger partial charge in [0.15, 0.2) is 0 Å². The highest BCUT2D eigenvalue weighted by atomic mass is 35.5. The first-order chi connectivity index (χ1) is 6.76. The lowest BCUT2D eigenvalue weighted by molar-refractivity contribution is 1.15. The first-order valence-electron chi connectivity index (χ1n) is 3.97. The molecule has 0 aliphatic heterocycles. The minimum absolute atomic E-state index is 0.393. The van der Waals surface area contributed by atoms with E-state index in [9.17, 15) is 0 Å². The lowest BCUT2D eigenvalue weighted by Crippen LogP contribution is -2.00. The van der Waals surface area contributed by atoms with Crippen LogP contribution in [-0.2, 0) is 0 Å². The molecule has 4 heteroatoms. The van der Waals surface area contributed by atoms with Gasteiger partial charge in [-0.2, -0.15) is 0 Å². The number of anilines is 1. The maximum Gasteiger partial charge on any atom is 0.228 e. The smallest absolute Gasteiger partial charge is 0.228 e. The average Bonchev–Trinajstić information content (AvgIpc) is 2.17. The Bertz CT molecular complexity index is 371. The fourth-order valence-corrected chi connectivity index (χ4v) is 0.950. The number of rotatable bonds is 4. The Morgan fingerprint density at radius 1 is 1.50 bits per heavy atom. The van der Waals surface area contributed by atoms with Gasteiger partial charge in [-0.05, 0) is 18.2 Å². The Balaban J connectivity index is 2.82. The van der Waals surface area contributed by atoms with Crippen LogP contribution in [0.4, 0.5) is 5.95 Å². The third-order valence-corrected chi connectivity index (χ3v) is 1.61. The van der Waals surface area contributed by atoms with Crippen molar-refractivity contribution in [1.29, 1.82) is 0 Å². The first-order valence-corrected chi connectivity index (χ1v) is 4.35. The van der Waals surface area contributed by atoms with Gasteiger partial charge in [0.2, 0.25) is 5.95 Å². The van der Waals surface area contributed by atoms with Crippen molar-refractivity contribution in [1.82, 2.24) is 9.97 Å².